The first-order chi connectivity index (χ1) is 20.4. The SMILES string of the molecule is CNC(=O)c1c(-c2ccc(C)cc2)oc2cc(N(C)S(C)(=O)=O)c(-c3ncc4ncn(-c5cc(F)cc(F)c5)c4n3)cc12. The van der Waals surface area contributed by atoms with E-state index in [2.05, 4.69) is 20.3 Å². The van der Waals surface area contributed by atoms with Crippen LogP contribution in [0, 0.1) is 18.6 Å². The van der Waals surface area contributed by atoms with Crippen LogP contribution in [0.5, 0.6) is 0 Å². The van der Waals surface area contributed by atoms with Crippen LogP contribution in [-0.4, -0.2) is 54.2 Å². The molecule has 0 saturated carbocycles. The summed E-state index contributed by atoms with van der Waals surface area (Å²) in [6.07, 6.45) is 3.83. The molecule has 0 bridgehead atoms. The first-order valence-electron chi connectivity index (χ1n) is 12.9. The van der Waals surface area contributed by atoms with Crippen molar-refractivity contribution in [2.75, 3.05) is 24.7 Å². The molecule has 0 fully saturated rings. The van der Waals surface area contributed by atoms with Crippen molar-refractivity contribution in [2.24, 2.45) is 0 Å². The highest BCUT2D eigenvalue weighted by atomic mass is 32.2. The summed E-state index contributed by atoms with van der Waals surface area (Å²) in [6, 6.07) is 13.6. The summed E-state index contributed by atoms with van der Waals surface area (Å²) in [6.45, 7) is 1.94. The molecule has 10 nitrogen and oxygen atoms in total. The van der Waals surface area contributed by atoms with Crippen LogP contribution < -0.4 is 9.62 Å². The standard InChI is InChI=1S/C30H24F2N6O4S/c1-16-5-7-17(8-6-16)27-26(30(39)33-2)22-12-21(24(13-25(22)42-27)37(3)43(4,40)41)28-34-14-23-29(36-28)38(15-35-23)20-10-18(31)9-19(32)11-20/h5-15H,1-4H3,(H,33,39). The Bertz CT molecular complexity index is 2160. The zero-order valence-electron chi connectivity index (χ0n) is 23.4. The van der Waals surface area contributed by atoms with E-state index in [4.69, 9.17) is 4.42 Å². The predicted molar refractivity (Wildman–Crippen MR) is 159 cm³/mol. The van der Waals surface area contributed by atoms with E-state index in [0.29, 0.717) is 22.2 Å². The van der Waals surface area contributed by atoms with Crippen molar-refractivity contribution >= 4 is 43.8 Å². The molecule has 6 aromatic rings. The number of sulfonamides is 1. The van der Waals surface area contributed by atoms with Gasteiger partial charge in [0, 0.05) is 42.7 Å². The maximum Gasteiger partial charge on any atom is 0.255 e. The Hall–Kier alpha value is -5.17. The lowest BCUT2D eigenvalue weighted by Gasteiger charge is -2.20. The molecule has 13 heteroatoms. The quantitative estimate of drug-likeness (QED) is 0.277. The second-order valence-electron chi connectivity index (χ2n) is 9.99. The van der Waals surface area contributed by atoms with Crippen LogP contribution in [0.2, 0.25) is 0 Å². The van der Waals surface area contributed by atoms with Crippen LogP contribution in [-0.2, 0) is 10.0 Å². The maximum atomic E-state index is 14.0. The van der Waals surface area contributed by atoms with Crippen LogP contribution in [0.4, 0.5) is 14.5 Å². The van der Waals surface area contributed by atoms with Gasteiger partial charge in [0.2, 0.25) is 10.0 Å². The minimum atomic E-state index is -3.77. The van der Waals surface area contributed by atoms with E-state index in [1.165, 1.54) is 37.3 Å². The van der Waals surface area contributed by atoms with E-state index in [0.717, 1.165) is 34.3 Å². The predicted octanol–water partition coefficient (Wildman–Crippen LogP) is 5.24. The molecule has 1 amide bonds. The number of imidazole rings is 1. The van der Waals surface area contributed by atoms with E-state index in [1.807, 2.05) is 31.2 Å². The molecule has 6 rings (SSSR count). The molecule has 218 valence electrons. The van der Waals surface area contributed by atoms with Crippen LogP contribution in [0.1, 0.15) is 15.9 Å². The van der Waals surface area contributed by atoms with Crippen molar-refractivity contribution < 1.29 is 26.4 Å². The monoisotopic (exact) mass is 602 g/mol. The third kappa shape index (κ3) is 4.97. The van der Waals surface area contributed by atoms with Gasteiger partial charge in [-0.25, -0.2) is 32.2 Å². The van der Waals surface area contributed by atoms with E-state index < -0.39 is 27.6 Å². The Morgan fingerprint density at radius 3 is 2.37 bits per heavy atom. The lowest BCUT2D eigenvalue weighted by molar-refractivity contribution is 0.0964. The Labute approximate surface area is 244 Å². The number of aryl methyl sites for hydroxylation is 1. The van der Waals surface area contributed by atoms with Gasteiger partial charge in [0.1, 0.15) is 34.8 Å². The largest absolute Gasteiger partial charge is 0.455 e. The van der Waals surface area contributed by atoms with Gasteiger partial charge in [0.05, 0.1) is 29.4 Å². The summed E-state index contributed by atoms with van der Waals surface area (Å²) >= 11 is 0. The average Bonchev–Trinajstić information content (AvgIpc) is 3.56. The molecule has 43 heavy (non-hydrogen) atoms. The number of rotatable bonds is 6. The Kier molecular flexibility index (Phi) is 6.69. The van der Waals surface area contributed by atoms with E-state index in [1.54, 1.807) is 6.07 Å². The molecule has 0 unspecified atom stereocenters. The number of fused-ring (bicyclic) bond motifs is 2. The average molecular weight is 603 g/mol. The number of hydrogen-bond acceptors (Lipinski definition) is 7. The minimum Gasteiger partial charge on any atom is -0.455 e. The van der Waals surface area contributed by atoms with Crippen molar-refractivity contribution in [1.82, 2.24) is 24.8 Å². The highest BCUT2D eigenvalue weighted by molar-refractivity contribution is 7.92. The summed E-state index contributed by atoms with van der Waals surface area (Å²) in [5.74, 6) is -1.58. The molecule has 0 atom stereocenters. The Morgan fingerprint density at radius 1 is 1.02 bits per heavy atom. The number of carbonyl (C=O) groups excluding carboxylic acids is 1. The van der Waals surface area contributed by atoms with Crippen LogP contribution >= 0.6 is 0 Å². The summed E-state index contributed by atoms with van der Waals surface area (Å²) in [5, 5.41) is 3.05. The maximum absolute atomic E-state index is 14.0. The summed E-state index contributed by atoms with van der Waals surface area (Å²) in [5.41, 5.74) is 3.35. The fourth-order valence-electron chi connectivity index (χ4n) is 4.82. The Balaban J connectivity index is 1.64. The number of nitrogens with zero attached hydrogens (tertiary/aromatic N) is 5. The van der Waals surface area contributed by atoms with E-state index in [9.17, 15) is 22.0 Å². The molecule has 0 aliphatic heterocycles. The molecule has 0 radical (unpaired) electrons. The number of benzene rings is 3. The zero-order valence-corrected chi connectivity index (χ0v) is 24.2. The third-order valence-electron chi connectivity index (χ3n) is 7.07. The number of anilines is 1. The first kappa shape index (κ1) is 28.0. The van der Waals surface area contributed by atoms with Gasteiger partial charge in [0.25, 0.3) is 5.91 Å². The van der Waals surface area contributed by atoms with Crippen LogP contribution in [0.15, 0.2) is 71.5 Å². The number of hydrogen-bond donors (Lipinski definition) is 1. The molecule has 3 aromatic heterocycles. The van der Waals surface area contributed by atoms with Gasteiger partial charge in [-0.2, -0.15) is 0 Å². The molecule has 0 spiro atoms. The smallest absolute Gasteiger partial charge is 0.255 e. The number of furan rings is 1. The molecule has 1 N–H and O–H groups in total. The zero-order chi connectivity index (χ0) is 30.6. The second-order valence-corrected chi connectivity index (χ2v) is 12.0. The second kappa shape index (κ2) is 10.3. The number of nitrogens with one attached hydrogen (secondary N) is 1. The van der Waals surface area contributed by atoms with Gasteiger partial charge in [-0.15, -0.1) is 0 Å². The van der Waals surface area contributed by atoms with Gasteiger partial charge in [-0.05, 0) is 25.1 Å². The van der Waals surface area contributed by atoms with Crippen LogP contribution in [0.25, 0.3) is 50.5 Å². The highest BCUT2D eigenvalue weighted by Crippen LogP contribution is 2.40. The Morgan fingerprint density at radius 2 is 1.72 bits per heavy atom. The fraction of sp³-hybridized carbons (Fsp3) is 0.133. The molecule has 3 aromatic carbocycles. The van der Waals surface area contributed by atoms with Crippen molar-refractivity contribution in [3.63, 3.8) is 0 Å². The van der Waals surface area contributed by atoms with Gasteiger partial charge < -0.3 is 9.73 Å². The van der Waals surface area contributed by atoms with Crippen molar-refractivity contribution in [2.45, 2.75) is 6.92 Å². The number of amides is 1. The van der Waals surface area contributed by atoms with Gasteiger partial charge in [-0.3, -0.25) is 13.7 Å². The molecule has 0 aliphatic carbocycles. The fourth-order valence-corrected chi connectivity index (χ4v) is 5.32. The third-order valence-corrected chi connectivity index (χ3v) is 8.26. The lowest BCUT2D eigenvalue weighted by atomic mass is 10.0. The highest BCUT2D eigenvalue weighted by Gasteiger charge is 2.27. The van der Waals surface area contributed by atoms with Gasteiger partial charge in [0.15, 0.2) is 11.5 Å². The van der Waals surface area contributed by atoms with Crippen molar-refractivity contribution in [3.8, 4) is 28.4 Å². The van der Waals surface area contributed by atoms with E-state index >= 15 is 0 Å². The van der Waals surface area contributed by atoms with Crippen molar-refractivity contribution in [3.05, 3.63) is 89.9 Å². The van der Waals surface area contributed by atoms with Gasteiger partial charge >= 0.3 is 0 Å². The lowest BCUT2D eigenvalue weighted by Crippen LogP contribution is -2.25. The molecule has 0 aliphatic rings. The summed E-state index contributed by atoms with van der Waals surface area (Å²) in [7, 11) is -0.896. The van der Waals surface area contributed by atoms with Crippen LogP contribution in [0.3, 0.4) is 0 Å². The molecular formula is C30H24F2N6O4S. The van der Waals surface area contributed by atoms with E-state index in [-0.39, 0.29) is 39.6 Å². The topological polar surface area (TPSA) is 123 Å². The minimum absolute atomic E-state index is 0.0828. The number of carbonyl (C=O) groups is 1. The number of halogens is 2. The number of aromatic nitrogens is 4. The molecule has 0 saturated heterocycles. The molecular weight excluding hydrogens is 578 g/mol. The first-order valence-corrected chi connectivity index (χ1v) is 14.8. The van der Waals surface area contributed by atoms with Crippen molar-refractivity contribution in [1.29, 1.82) is 0 Å². The van der Waals surface area contributed by atoms with Gasteiger partial charge in [-0.1, -0.05) is 29.8 Å². The molecule has 3 heterocycles. The summed E-state index contributed by atoms with van der Waals surface area (Å²) in [4.78, 5) is 26.5. The summed E-state index contributed by atoms with van der Waals surface area (Å²) < 4.78 is 62.1. The normalized spacial score (nSPS) is 11.8.